The fourth-order valence-corrected chi connectivity index (χ4v) is 2.47. The molecule has 1 aliphatic rings. The molecule has 1 saturated heterocycles. The third kappa shape index (κ3) is 3.33. The molecule has 4 nitrogen and oxygen atoms in total. The summed E-state index contributed by atoms with van der Waals surface area (Å²) in [5, 5.41) is 10.4. The third-order valence-electron chi connectivity index (χ3n) is 3.68. The Hall–Kier alpha value is -1.39. The number of aryl methyl sites for hydroxylation is 1. The topological polar surface area (TPSA) is 49.8 Å². The molecule has 0 saturated carbocycles. The fourth-order valence-electron chi connectivity index (χ4n) is 2.47. The first kappa shape index (κ1) is 14.0. The molecule has 1 amide bonds. The summed E-state index contributed by atoms with van der Waals surface area (Å²) < 4.78 is 4.99. The summed E-state index contributed by atoms with van der Waals surface area (Å²) in [6, 6.07) is 7.83. The van der Waals surface area contributed by atoms with Gasteiger partial charge in [0.05, 0.1) is 12.7 Å². The number of nitrogens with zero attached hydrogens (tertiary/aromatic N) is 1. The van der Waals surface area contributed by atoms with Gasteiger partial charge in [0.2, 0.25) is 5.91 Å². The standard InChI is InChI=1S/C15H21NO3/c1-11-3-5-12(6-4-11)15(18)13-9-14(17)16(10-13)7-8-19-2/h3-6,13,15,18H,7-10H2,1-2H3. The first-order valence-corrected chi connectivity index (χ1v) is 6.63. The molecule has 104 valence electrons. The van der Waals surface area contributed by atoms with Crippen LogP contribution in [0.25, 0.3) is 0 Å². The number of aliphatic hydroxyl groups excluding tert-OH is 1. The zero-order valence-electron chi connectivity index (χ0n) is 11.5. The first-order valence-electron chi connectivity index (χ1n) is 6.63. The van der Waals surface area contributed by atoms with Gasteiger partial charge >= 0.3 is 0 Å². The van der Waals surface area contributed by atoms with E-state index in [1.165, 1.54) is 5.56 Å². The zero-order valence-corrected chi connectivity index (χ0v) is 11.5. The predicted molar refractivity (Wildman–Crippen MR) is 72.7 cm³/mol. The minimum absolute atomic E-state index is 0.0212. The molecule has 2 unspecified atom stereocenters. The van der Waals surface area contributed by atoms with E-state index >= 15 is 0 Å². The predicted octanol–water partition coefficient (Wildman–Crippen LogP) is 1.52. The number of methoxy groups -OCH3 is 1. The molecular weight excluding hydrogens is 242 g/mol. The molecule has 0 aromatic heterocycles. The molecule has 0 bridgehead atoms. The van der Waals surface area contributed by atoms with Crippen LogP contribution in [0.1, 0.15) is 23.7 Å². The van der Waals surface area contributed by atoms with Gasteiger partial charge in [-0.05, 0) is 12.5 Å². The largest absolute Gasteiger partial charge is 0.388 e. The van der Waals surface area contributed by atoms with Crippen molar-refractivity contribution in [1.82, 2.24) is 4.90 Å². The minimum Gasteiger partial charge on any atom is -0.388 e. The van der Waals surface area contributed by atoms with Gasteiger partial charge in [-0.3, -0.25) is 4.79 Å². The number of benzene rings is 1. The van der Waals surface area contributed by atoms with Gasteiger partial charge < -0.3 is 14.7 Å². The average Bonchev–Trinajstić information content (AvgIpc) is 2.78. The summed E-state index contributed by atoms with van der Waals surface area (Å²) in [6.07, 6.45) is -0.157. The number of amides is 1. The van der Waals surface area contributed by atoms with Gasteiger partial charge in [-0.2, -0.15) is 0 Å². The van der Waals surface area contributed by atoms with Crippen LogP contribution in [-0.4, -0.2) is 42.7 Å². The third-order valence-corrected chi connectivity index (χ3v) is 3.68. The maximum Gasteiger partial charge on any atom is 0.223 e. The summed E-state index contributed by atoms with van der Waals surface area (Å²) in [7, 11) is 1.62. The first-order chi connectivity index (χ1) is 9.11. The summed E-state index contributed by atoms with van der Waals surface area (Å²) in [5.41, 5.74) is 2.05. The molecule has 0 aliphatic carbocycles. The van der Waals surface area contributed by atoms with Crippen molar-refractivity contribution in [1.29, 1.82) is 0 Å². The molecule has 1 heterocycles. The number of rotatable bonds is 5. The van der Waals surface area contributed by atoms with Crippen LogP contribution >= 0.6 is 0 Å². The van der Waals surface area contributed by atoms with Crippen molar-refractivity contribution in [2.75, 3.05) is 26.8 Å². The second-order valence-electron chi connectivity index (χ2n) is 5.15. The Kier molecular flexibility index (Phi) is 4.56. The van der Waals surface area contributed by atoms with Crippen LogP contribution in [0.15, 0.2) is 24.3 Å². The number of likely N-dealkylation sites (tertiary alicyclic amines) is 1. The molecule has 1 aromatic carbocycles. The van der Waals surface area contributed by atoms with Gasteiger partial charge in [0.15, 0.2) is 0 Å². The number of hydrogen-bond acceptors (Lipinski definition) is 3. The van der Waals surface area contributed by atoms with Crippen molar-refractivity contribution in [2.24, 2.45) is 5.92 Å². The van der Waals surface area contributed by atoms with Crippen molar-refractivity contribution >= 4 is 5.91 Å². The molecule has 1 N–H and O–H groups in total. The highest BCUT2D eigenvalue weighted by molar-refractivity contribution is 5.78. The molecule has 4 heteroatoms. The van der Waals surface area contributed by atoms with Gasteiger partial charge in [-0.25, -0.2) is 0 Å². The van der Waals surface area contributed by atoms with Crippen LogP contribution in [0.3, 0.4) is 0 Å². The van der Waals surface area contributed by atoms with E-state index in [-0.39, 0.29) is 11.8 Å². The van der Waals surface area contributed by atoms with Crippen molar-refractivity contribution in [3.05, 3.63) is 35.4 Å². The number of carbonyl (C=O) groups is 1. The van der Waals surface area contributed by atoms with Gasteiger partial charge in [0.25, 0.3) is 0 Å². The molecule has 0 spiro atoms. The fraction of sp³-hybridized carbons (Fsp3) is 0.533. The van der Waals surface area contributed by atoms with Crippen molar-refractivity contribution in [3.63, 3.8) is 0 Å². The quantitative estimate of drug-likeness (QED) is 0.876. The van der Waals surface area contributed by atoms with Crippen LogP contribution in [0.5, 0.6) is 0 Å². The Morgan fingerprint density at radius 2 is 2.11 bits per heavy atom. The zero-order chi connectivity index (χ0) is 13.8. The van der Waals surface area contributed by atoms with E-state index in [9.17, 15) is 9.90 Å². The maximum atomic E-state index is 11.8. The smallest absolute Gasteiger partial charge is 0.223 e. The number of ether oxygens (including phenoxy) is 1. The van der Waals surface area contributed by atoms with Gasteiger partial charge in [-0.1, -0.05) is 29.8 Å². The van der Waals surface area contributed by atoms with Crippen molar-refractivity contribution in [3.8, 4) is 0 Å². The number of hydrogen-bond donors (Lipinski definition) is 1. The number of carbonyl (C=O) groups excluding carboxylic acids is 1. The highest BCUT2D eigenvalue weighted by Crippen LogP contribution is 2.30. The molecule has 19 heavy (non-hydrogen) atoms. The summed E-state index contributed by atoms with van der Waals surface area (Å²) in [5.74, 6) is 0.0836. The second-order valence-corrected chi connectivity index (χ2v) is 5.15. The van der Waals surface area contributed by atoms with E-state index in [1.54, 1.807) is 12.0 Å². The normalized spacial score (nSPS) is 20.9. The molecular formula is C15H21NO3. The van der Waals surface area contributed by atoms with E-state index in [2.05, 4.69) is 0 Å². The molecule has 1 aliphatic heterocycles. The maximum absolute atomic E-state index is 11.8. The van der Waals surface area contributed by atoms with Gasteiger partial charge in [-0.15, -0.1) is 0 Å². The Morgan fingerprint density at radius 3 is 2.74 bits per heavy atom. The van der Waals surface area contributed by atoms with Crippen LogP contribution in [0.2, 0.25) is 0 Å². The second kappa shape index (κ2) is 6.17. The van der Waals surface area contributed by atoms with E-state index < -0.39 is 6.10 Å². The van der Waals surface area contributed by atoms with Crippen LogP contribution in [0, 0.1) is 12.8 Å². The highest BCUT2D eigenvalue weighted by Gasteiger charge is 2.34. The average molecular weight is 263 g/mol. The number of aliphatic hydroxyl groups is 1. The molecule has 2 atom stereocenters. The summed E-state index contributed by atoms with van der Waals surface area (Å²) in [4.78, 5) is 13.6. The Bertz CT molecular complexity index is 430. The lowest BCUT2D eigenvalue weighted by molar-refractivity contribution is -0.128. The molecule has 1 aromatic rings. The highest BCUT2D eigenvalue weighted by atomic mass is 16.5. The Balaban J connectivity index is 1.99. The van der Waals surface area contributed by atoms with E-state index in [1.807, 2.05) is 31.2 Å². The summed E-state index contributed by atoms with van der Waals surface area (Å²) >= 11 is 0. The van der Waals surface area contributed by atoms with Gasteiger partial charge in [0.1, 0.15) is 0 Å². The monoisotopic (exact) mass is 263 g/mol. The Morgan fingerprint density at radius 1 is 1.42 bits per heavy atom. The molecule has 0 radical (unpaired) electrons. The summed E-state index contributed by atoms with van der Waals surface area (Å²) in [6.45, 7) is 3.77. The Labute approximate surface area is 114 Å². The minimum atomic E-state index is -0.572. The van der Waals surface area contributed by atoms with E-state index in [0.29, 0.717) is 26.1 Å². The van der Waals surface area contributed by atoms with Crippen LogP contribution in [0.4, 0.5) is 0 Å². The lowest BCUT2D eigenvalue weighted by atomic mass is 9.94. The SMILES string of the molecule is COCCN1CC(C(O)c2ccc(C)cc2)CC1=O. The lowest BCUT2D eigenvalue weighted by Gasteiger charge is -2.19. The molecule has 1 fully saturated rings. The van der Waals surface area contributed by atoms with Crippen molar-refractivity contribution < 1.29 is 14.6 Å². The van der Waals surface area contributed by atoms with Crippen LogP contribution < -0.4 is 0 Å². The van der Waals surface area contributed by atoms with Crippen molar-refractivity contribution in [2.45, 2.75) is 19.4 Å². The van der Waals surface area contributed by atoms with Crippen LogP contribution in [-0.2, 0) is 9.53 Å². The van der Waals surface area contributed by atoms with E-state index in [0.717, 1.165) is 5.56 Å². The van der Waals surface area contributed by atoms with E-state index in [4.69, 9.17) is 4.74 Å². The van der Waals surface area contributed by atoms with Gasteiger partial charge in [0, 0.05) is 32.5 Å². The lowest BCUT2D eigenvalue weighted by Crippen LogP contribution is -2.29. The molecule has 2 rings (SSSR count).